The first-order chi connectivity index (χ1) is 12.5. The number of carbonyl (C=O) groups excluding carboxylic acids is 2. The van der Waals surface area contributed by atoms with Crippen LogP contribution in [0.5, 0.6) is 0 Å². The van der Waals surface area contributed by atoms with E-state index >= 15 is 0 Å². The third-order valence-corrected chi connectivity index (χ3v) is 5.54. The Morgan fingerprint density at radius 3 is 2.58 bits per heavy atom. The summed E-state index contributed by atoms with van der Waals surface area (Å²) in [6.45, 7) is 5.58. The lowest BCUT2D eigenvalue weighted by Crippen LogP contribution is -2.13. The van der Waals surface area contributed by atoms with Crippen LogP contribution in [-0.4, -0.2) is 44.3 Å². The average molecular weight is 376 g/mol. The van der Waals surface area contributed by atoms with E-state index in [2.05, 4.69) is 20.2 Å². The monoisotopic (exact) mass is 376 g/mol. The topological polar surface area (TPSA) is 101 Å². The number of nitrogens with one attached hydrogen (secondary N) is 2. The zero-order chi connectivity index (χ0) is 18.7. The van der Waals surface area contributed by atoms with Crippen LogP contribution in [0.3, 0.4) is 0 Å². The quantitative estimate of drug-likeness (QED) is 0.435. The molecule has 1 aliphatic rings. The van der Waals surface area contributed by atoms with Crippen molar-refractivity contribution in [3.63, 3.8) is 0 Å². The van der Waals surface area contributed by atoms with Crippen molar-refractivity contribution in [2.45, 2.75) is 57.5 Å². The van der Waals surface area contributed by atoms with Crippen molar-refractivity contribution in [1.29, 1.82) is 0 Å². The van der Waals surface area contributed by atoms with Gasteiger partial charge >= 0.3 is 5.97 Å². The van der Waals surface area contributed by atoms with E-state index in [-0.39, 0.29) is 18.1 Å². The van der Waals surface area contributed by atoms with Gasteiger partial charge in [0, 0.05) is 17.3 Å². The number of carbonyl (C=O) groups is 2. The van der Waals surface area contributed by atoms with Crippen molar-refractivity contribution in [3.05, 3.63) is 28.3 Å². The molecule has 2 aromatic rings. The Labute approximate surface area is 156 Å². The van der Waals surface area contributed by atoms with Crippen LogP contribution in [0, 0.1) is 13.8 Å². The minimum absolute atomic E-state index is 0.132. The van der Waals surface area contributed by atoms with Crippen molar-refractivity contribution in [2.24, 2.45) is 0 Å². The largest absolute Gasteiger partial charge is 0.462 e. The molecule has 1 saturated carbocycles. The lowest BCUT2D eigenvalue weighted by atomic mass is 10.1. The number of hydrogen-bond donors (Lipinski definition) is 2. The van der Waals surface area contributed by atoms with E-state index in [9.17, 15) is 9.59 Å². The van der Waals surface area contributed by atoms with Crippen molar-refractivity contribution >= 4 is 23.5 Å². The average Bonchev–Trinajstić information content (AvgIpc) is 3.32. The summed E-state index contributed by atoms with van der Waals surface area (Å²) in [5, 5.41) is 7.79. The van der Waals surface area contributed by atoms with Crippen LogP contribution in [0.4, 0.5) is 0 Å². The number of H-pyrrole nitrogens is 2. The maximum absolute atomic E-state index is 12.7. The molecule has 1 aliphatic carbocycles. The van der Waals surface area contributed by atoms with E-state index in [1.54, 1.807) is 20.8 Å². The van der Waals surface area contributed by atoms with Crippen LogP contribution in [0.1, 0.15) is 76.5 Å². The molecule has 0 aliphatic heterocycles. The van der Waals surface area contributed by atoms with Gasteiger partial charge in [0.1, 0.15) is 5.82 Å². The molecular weight excluding hydrogens is 352 g/mol. The lowest BCUT2D eigenvalue weighted by Gasteiger charge is -2.05. The normalized spacial score (nSPS) is 14.7. The lowest BCUT2D eigenvalue weighted by molar-refractivity contribution is 0.0522. The van der Waals surface area contributed by atoms with E-state index in [1.165, 1.54) is 24.6 Å². The maximum Gasteiger partial charge on any atom is 0.340 e. The van der Waals surface area contributed by atoms with Crippen molar-refractivity contribution in [3.8, 4) is 0 Å². The Kier molecular flexibility index (Phi) is 5.80. The highest BCUT2D eigenvalue weighted by atomic mass is 32.2. The van der Waals surface area contributed by atoms with Gasteiger partial charge in [-0.1, -0.05) is 24.6 Å². The number of hydrogen-bond acceptors (Lipinski definition) is 6. The molecule has 8 heteroatoms. The minimum atomic E-state index is -0.468. The Morgan fingerprint density at radius 1 is 1.19 bits per heavy atom. The van der Waals surface area contributed by atoms with Gasteiger partial charge in [-0.3, -0.25) is 9.89 Å². The van der Waals surface area contributed by atoms with Gasteiger partial charge in [0.2, 0.25) is 5.16 Å². The van der Waals surface area contributed by atoms with Crippen LogP contribution >= 0.6 is 11.8 Å². The van der Waals surface area contributed by atoms with Crippen LogP contribution in [0.15, 0.2) is 5.16 Å². The SMILES string of the molecule is CCOC(=O)c1c(C)[nH]c(C)c1C(=O)CSc1n[nH]c(C2CCCC2)n1. The number of rotatable bonds is 7. The number of thioether (sulfide) groups is 1. The second-order valence-corrected chi connectivity index (χ2v) is 7.48. The minimum Gasteiger partial charge on any atom is -0.462 e. The number of ketones is 1. The number of esters is 1. The summed E-state index contributed by atoms with van der Waals surface area (Å²) in [7, 11) is 0. The Hall–Kier alpha value is -2.09. The summed E-state index contributed by atoms with van der Waals surface area (Å²) in [6.07, 6.45) is 4.75. The Morgan fingerprint density at radius 2 is 1.88 bits per heavy atom. The molecule has 2 aromatic heterocycles. The van der Waals surface area contributed by atoms with Gasteiger partial charge in [-0.2, -0.15) is 0 Å². The first kappa shape index (κ1) is 18.7. The van der Waals surface area contributed by atoms with E-state index < -0.39 is 5.97 Å². The highest BCUT2D eigenvalue weighted by Crippen LogP contribution is 2.32. The van der Waals surface area contributed by atoms with E-state index in [4.69, 9.17) is 4.74 Å². The van der Waals surface area contributed by atoms with Crippen molar-refractivity contribution in [1.82, 2.24) is 20.2 Å². The summed E-state index contributed by atoms with van der Waals surface area (Å²) in [5.41, 5.74) is 2.06. The Bertz CT molecular complexity index is 805. The van der Waals surface area contributed by atoms with Crippen molar-refractivity contribution in [2.75, 3.05) is 12.4 Å². The van der Waals surface area contributed by atoms with Gasteiger partial charge in [0.25, 0.3) is 0 Å². The van der Waals surface area contributed by atoms with E-state index in [0.717, 1.165) is 18.7 Å². The maximum atomic E-state index is 12.7. The van der Waals surface area contributed by atoms with Crippen molar-refractivity contribution < 1.29 is 14.3 Å². The summed E-state index contributed by atoms with van der Waals surface area (Å²) in [5.74, 6) is 0.944. The molecule has 0 bridgehead atoms. The van der Waals surface area contributed by atoms with Crippen LogP contribution in [-0.2, 0) is 4.74 Å². The molecule has 0 unspecified atom stereocenters. The molecule has 0 saturated heterocycles. The highest BCUT2D eigenvalue weighted by molar-refractivity contribution is 7.99. The first-order valence-corrected chi connectivity index (χ1v) is 9.94. The summed E-state index contributed by atoms with van der Waals surface area (Å²) >= 11 is 1.29. The van der Waals surface area contributed by atoms with E-state index in [1.807, 2.05) is 0 Å². The van der Waals surface area contributed by atoms with E-state index in [0.29, 0.717) is 33.6 Å². The fourth-order valence-corrected chi connectivity index (χ4v) is 4.17. The van der Waals surface area contributed by atoms with Gasteiger partial charge in [0.05, 0.1) is 23.5 Å². The summed E-state index contributed by atoms with van der Waals surface area (Å²) in [4.78, 5) is 32.5. The second kappa shape index (κ2) is 8.07. The third-order valence-electron chi connectivity index (χ3n) is 4.69. The number of nitrogens with zero attached hydrogens (tertiary/aromatic N) is 2. The van der Waals surface area contributed by atoms with Crippen LogP contribution in [0.25, 0.3) is 0 Å². The van der Waals surface area contributed by atoms with Gasteiger partial charge in [0.15, 0.2) is 5.78 Å². The summed E-state index contributed by atoms with van der Waals surface area (Å²) in [6, 6.07) is 0. The molecule has 7 nitrogen and oxygen atoms in total. The molecule has 2 N–H and O–H groups in total. The van der Waals surface area contributed by atoms with Gasteiger partial charge in [-0.05, 0) is 33.6 Å². The second-order valence-electron chi connectivity index (χ2n) is 6.54. The van der Waals surface area contributed by atoms with Gasteiger partial charge in [-0.15, -0.1) is 5.10 Å². The molecule has 0 spiro atoms. The molecule has 0 aromatic carbocycles. The number of aryl methyl sites for hydroxylation is 2. The zero-order valence-electron chi connectivity index (χ0n) is 15.3. The molecule has 1 fully saturated rings. The Balaban J connectivity index is 1.69. The molecule has 140 valence electrons. The molecular formula is C18H24N4O3S. The molecule has 0 radical (unpaired) electrons. The molecule has 0 atom stereocenters. The molecule has 3 rings (SSSR count). The number of ether oxygens (including phenoxy) is 1. The number of Topliss-reactive ketones (excluding diaryl/α,β-unsaturated/α-hetero) is 1. The number of aromatic nitrogens is 4. The predicted molar refractivity (Wildman–Crippen MR) is 98.9 cm³/mol. The predicted octanol–water partition coefficient (Wildman–Crippen LogP) is 3.56. The fraction of sp³-hybridized carbons (Fsp3) is 0.556. The molecule has 26 heavy (non-hydrogen) atoms. The standard InChI is InChI=1S/C18H24N4O3S/c1-4-25-17(24)15-11(3)19-10(2)14(15)13(23)9-26-18-20-16(21-22-18)12-7-5-6-8-12/h12,19H,4-9H2,1-3H3,(H,20,21,22). The fourth-order valence-electron chi connectivity index (χ4n) is 3.49. The third kappa shape index (κ3) is 3.85. The highest BCUT2D eigenvalue weighted by Gasteiger charge is 2.26. The smallest absolute Gasteiger partial charge is 0.340 e. The molecule has 2 heterocycles. The first-order valence-electron chi connectivity index (χ1n) is 8.95. The van der Waals surface area contributed by atoms with Gasteiger partial charge < -0.3 is 9.72 Å². The number of aromatic amines is 2. The van der Waals surface area contributed by atoms with Gasteiger partial charge in [-0.25, -0.2) is 9.78 Å². The summed E-state index contributed by atoms with van der Waals surface area (Å²) < 4.78 is 5.09. The molecule has 0 amide bonds. The van der Waals surface area contributed by atoms with Crippen LogP contribution < -0.4 is 0 Å². The van der Waals surface area contributed by atoms with Crippen LogP contribution in [0.2, 0.25) is 0 Å². The zero-order valence-corrected chi connectivity index (χ0v) is 16.2.